The van der Waals surface area contributed by atoms with Crippen molar-refractivity contribution in [2.24, 2.45) is 0 Å². The number of hydrogen-bond acceptors (Lipinski definition) is 1. The fourth-order valence-corrected chi connectivity index (χ4v) is 3.75. The average Bonchev–Trinajstić information content (AvgIpc) is 3.05. The first kappa shape index (κ1) is 19.0. The van der Waals surface area contributed by atoms with Gasteiger partial charge in [0, 0.05) is 12.1 Å². The maximum absolute atomic E-state index is 3.86. The molecule has 0 spiro atoms. The summed E-state index contributed by atoms with van der Waals surface area (Å²) in [4.78, 5) is 0. The van der Waals surface area contributed by atoms with Crippen LogP contribution in [0.1, 0.15) is 49.7 Å². The van der Waals surface area contributed by atoms with Gasteiger partial charge in [-0.2, -0.15) is 0 Å². The summed E-state index contributed by atoms with van der Waals surface area (Å²) in [6.45, 7) is 0. The summed E-state index contributed by atoms with van der Waals surface area (Å²) in [7, 11) is 0. The van der Waals surface area contributed by atoms with Crippen LogP contribution >= 0.6 is 12.4 Å². The van der Waals surface area contributed by atoms with Gasteiger partial charge in [0.25, 0.3) is 0 Å². The molecule has 1 saturated heterocycles. The molecule has 2 aromatic carbocycles. The molecule has 3 rings (SSSR count). The van der Waals surface area contributed by atoms with E-state index >= 15 is 0 Å². The van der Waals surface area contributed by atoms with Gasteiger partial charge in [0.1, 0.15) is 0 Å². The van der Waals surface area contributed by atoms with Gasteiger partial charge in [-0.25, -0.2) is 0 Å². The van der Waals surface area contributed by atoms with Gasteiger partial charge in [-0.3, -0.25) is 0 Å². The van der Waals surface area contributed by atoms with Crippen molar-refractivity contribution in [1.82, 2.24) is 5.32 Å². The van der Waals surface area contributed by atoms with Crippen LogP contribution < -0.4 is 5.32 Å². The lowest BCUT2D eigenvalue weighted by molar-refractivity contribution is 0.472. The third kappa shape index (κ3) is 6.30. The van der Waals surface area contributed by atoms with Crippen LogP contribution in [0.15, 0.2) is 60.7 Å². The fourth-order valence-electron chi connectivity index (χ4n) is 3.75. The van der Waals surface area contributed by atoms with E-state index in [4.69, 9.17) is 0 Å². The van der Waals surface area contributed by atoms with Crippen LogP contribution in [0.25, 0.3) is 0 Å². The number of nitrogens with one attached hydrogen (secondary N) is 1. The van der Waals surface area contributed by atoms with Crippen LogP contribution in [0, 0.1) is 0 Å². The Morgan fingerprint density at radius 3 is 1.50 bits per heavy atom. The number of halogens is 1. The smallest absolute Gasteiger partial charge is 0.00703 e. The lowest BCUT2D eigenvalue weighted by Crippen LogP contribution is -2.29. The van der Waals surface area contributed by atoms with Crippen molar-refractivity contribution in [3.05, 3.63) is 71.8 Å². The largest absolute Gasteiger partial charge is 0.311 e. The van der Waals surface area contributed by atoms with E-state index in [1.165, 1.54) is 62.5 Å². The van der Waals surface area contributed by atoms with Gasteiger partial charge in [-0.15, -0.1) is 12.4 Å². The third-order valence-electron chi connectivity index (χ3n) is 5.06. The molecule has 0 unspecified atom stereocenters. The summed E-state index contributed by atoms with van der Waals surface area (Å²) in [5.74, 6) is 0. The molecule has 1 heterocycles. The molecular formula is C22H30ClN. The van der Waals surface area contributed by atoms with Gasteiger partial charge in [-0.05, 0) is 62.5 Å². The summed E-state index contributed by atoms with van der Waals surface area (Å²) in [5, 5.41) is 3.86. The average molecular weight is 344 g/mol. The van der Waals surface area contributed by atoms with Crippen LogP contribution in [0.5, 0.6) is 0 Å². The Labute approximate surface area is 153 Å². The number of rotatable bonds is 8. The van der Waals surface area contributed by atoms with E-state index in [1.54, 1.807) is 0 Å². The Hall–Kier alpha value is -1.31. The van der Waals surface area contributed by atoms with E-state index in [0.29, 0.717) is 0 Å². The minimum atomic E-state index is 0. The quantitative estimate of drug-likeness (QED) is 0.660. The van der Waals surface area contributed by atoms with Crippen molar-refractivity contribution in [2.45, 2.75) is 63.5 Å². The number of aryl methyl sites for hydroxylation is 2. The first-order chi connectivity index (χ1) is 11.4. The molecule has 1 N–H and O–H groups in total. The van der Waals surface area contributed by atoms with Crippen molar-refractivity contribution >= 4 is 12.4 Å². The summed E-state index contributed by atoms with van der Waals surface area (Å²) in [6.07, 6.45) is 10.4. The molecule has 0 aromatic heterocycles. The first-order valence-electron chi connectivity index (χ1n) is 9.24. The van der Waals surface area contributed by atoms with Crippen molar-refractivity contribution in [3.8, 4) is 0 Å². The maximum Gasteiger partial charge on any atom is 0.00703 e. The summed E-state index contributed by atoms with van der Waals surface area (Å²) in [6, 6.07) is 23.3. The lowest BCUT2D eigenvalue weighted by Gasteiger charge is -2.14. The number of hydrogen-bond donors (Lipinski definition) is 1. The topological polar surface area (TPSA) is 12.0 Å². The summed E-state index contributed by atoms with van der Waals surface area (Å²) >= 11 is 0. The normalized spacial score (nSPS) is 19.8. The highest BCUT2D eigenvalue weighted by atomic mass is 35.5. The van der Waals surface area contributed by atoms with Crippen molar-refractivity contribution in [2.75, 3.05) is 0 Å². The molecule has 0 radical (unpaired) electrons. The first-order valence-corrected chi connectivity index (χ1v) is 9.24. The van der Waals surface area contributed by atoms with Gasteiger partial charge in [0.2, 0.25) is 0 Å². The fraction of sp³-hybridized carbons (Fsp3) is 0.455. The standard InChI is InChI=1S/C22H29N.ClH/c1-3-9-19(10-4-1)13-7-15-21-17-18-22(23-21)16-8-14-20-11-5-2-6-12-20;/h1-6,9-12,21-23H,7-8,13-18H2;1H/t21-,22+;. The predicted octanol–water partition coefficient (Wildman–Crippen LogP) is 5.57. The van der Waals surface area contributed by atoms with E-state index in [0.717, 1.165) is 12.1 Å². The Kier molecular flexibility index (Phi) is 8.35. The molecule has 130 valence electrons. The highest BCUT2D eigenvalue weighted by Gasteiger charge is 2.22. The molecule has 0 saturated carbocycles. The van der Waals surface area contributed by atoms with E-state index in [9.17, 15) is 0 Å². The second-order valence-electron chi connectivity index (χ2n) is 6.89. The van der Waals surface area contributed by atoms with Gasteiger partial charge in [0.15, 0.2) is 0 Å². The van der Waals surface area contributed by atoms with Crippen LogP contribution in [-0.4, -0.2) is 12.1 Å². The molecule has 1 nitrogen and oxygen atoms in total. The zero-order valence-corrected chi connectivity index (χ0v) is 15.3. The molecule has 1 aliphatic heterocycles. The molecule has 2 aromatic rings. The second kappa shape index (κ2) is 10.5. The van der Waals surface area contributed by atoms with Gasteiger partial charge < -0.3 is 5.32 Å². The zero-order chi connectivity index (χ0) is 15.7. The Morgan fingerprint density at radius 2 is 1.08 bits per heavy atom. The summed E-state index contributed by atoms with van der Waals surface area (Å²) in [5.41, 5.74) is 2.95. The Balaban J connectivity index is 0.00000208. The molecule has 24 heavy (non-hydrogen) atoms. The minimum absolute atomic E-state index is 0. The predicted molar refractivity (Wildman–Crippen MR) is 106 cm³/mol. The third-order valence-corrected chi connectivity index (χ3v) is 5.06. The highest BCUT2D eigenvalue weighted by Crippen LogP contribution is 2.21. The van der Waals surface area contributed by atoms with Gasteiger partial charge in [0.05, 0.1) is 0 Å². The van der Waals surface area contributed by atoms with Crippen molar-refractivity contribution < 1.29 is 0 Å². The van der Waals surface area contributed by atoms with Crippen LogP contribution in [0.3, 0.4) is 0 Å². The second-order valence-corrected chi connectivity index (χ2v) is 6.89. The molecule has 0 bridgehead atoms. The summed E-state index contributed by atoms with van der Waals surface area (Å²) < 4.78 is 0. The van der Waals surface area contributed by atoms with E-state index in [2.05, 4.69) is 66.0 Å². The van der Waals surface area contributed by atoms with E-state index in [-0.39, 0.29) is 12.4 Å². The maximum atomic E-state index is 3.86. The highest BCUT2D eigenvalue weighted by molar-refractivity contribution is 5.85. The zero-order valence-electron chi connectivity index (χ0n) is 14.5. The Bertz CT molecular complexity index is 503. The Morgan fingerprint density at radius 1 is 0.667 bits per heavy atom. The van der Waals surface area contributed by atoms with Crippen molar-refractivity contribution in [1.29, 1.82) is 0 Å². The van der Waals surface area contributed by atoms with Crippen LogP contribution in [0.4, 0.5) is 0 Å². The molecule has 1 fully saturated rings. The molecule has 2 atom stereocenters. The SMILES string of the molecule is Cl.c1ccc(CCC[C@@H]2CC[C@H](CCCc3ccccc3)N2)cc1. The van der Waals surface area contributed by atoms with Gasteiger partial charge >= 0.3 is 0 Å². The number of benzene rings is 2. The van der Waals surface area contributed by atoms with Crippen LogP contribution in [-0.2, 0) is 12.8 Å². The molecule has 1 aliphatic rings. The van der Waals surface area contributed by atoms with Gasteiger partial charge in [-0.1, -0.05) is 60.7 Å². The van der Waals surface area contributed by atoms with E-state index in [1.807, 2.05) is 0 Å². The van der Waals surface area contributed by atoms with Crippen LogP contribution in [0.2, 0.25) is 0 Å². The van der Waals surface area contributed by atoms with Crippen molar-refractivity contribution in [3.63, 3.8) is 0 Å². The molecule has 0 amide bonds. The molecular weight excluding hydrogens is 314 g/mol. The molecule has 2 heteroatoms. The lowest BCUT2D eigenvalue weighted by atomic mass is 10.0. The minimum Gasteiger partial charge on any atom is -0.311 e. The monoisotopic (exact) mass is 343 g/mol. The molecule has 0 aliphatic carbocycles. The van der Waals surface area contributed by atoms with E-state index < -0.39 is 0 Å².